The Hall–Kier alpha value is -2.52. The van der Waals surface area contributed by atoms with Crippen molar-refractivity contribution in [2.24, 2.45) is 0 Å². The third-order valence-corrected chi connectivity index (χ3v) is 5.27. The molecule has 0 bridgehead atoms. The fourth-order valence-corrected chi connectivity index (χ4v) is 4.23. The highest BCUT2D eigenvalue weighted by Crippen LogP contribution is 2.35. The smallest absolute Gasteiger partial charge is 0.191 e. The summed E-state index contributed by atoms with van der Waals surface area (Å²) in [6, 6.07) is 17.3. The van der Waals surface area contributed by atoms with Crippen LogP contribution in [0.4, 0.5) is 5.88 Å². The number of thiophene rings is 1. The predicted molar refractivity (Wildman–Crippen MR) is 95.8 cm³/mol. The van der Waals surface area contributed by atoms with Crippen LogP contribution in [0.5, 0.6) is 0 Å². The van der Waals surface area contributed by atoms with E-state index < -0.39 is 0 Å². The molecule has 3 heteroatoms. The zero-order valence-corrected chi connectivity index (χ0v) is 12.8. The van der Waals surface area contributed by atoms with Gasteiger partial charge in [0.2, 0.25) is 0 Å². The van der Waals surface area contributed by atoms with Gasteiger partial charge in [-0.15, -0.1) is 11.3 Å². The minimum absolute atomic E-state index is 0.464. The molecule has 2 nitrogen and oxygen atoms in total. The van der Waals surface area contributed by atoms with Crippen LogP contribution in [0.1, 0.15) is 4.88 Å². The van der Waals surface area contributed by atoms with Gasteiger partial charge in [0, 0.05) is 21.0 Å². The topological polar surface area (TPSA) is 39.2 Å². The van der Waals surface area contributed by atoms with Crippen LogP contribution in [0.2, 0.25) is 0 Å². The number of furan rings is 1. The summed E-state index contributed by atoms with van der Waals surface area (Å²) in [5.74, 6) is 0.464. The molecule has 5 aromatic rings. The number of hydrogen-bond donors (Lipinski definition) is 1. The second kappa shape index (κ2) is 4.02. The second-order valence-corrected chi connectivity index (χ2v) is 7.08. The molecule has 0 unspecified atom stereocenters. The van der Waals surface area contributed by atoms with E-state index in [1.54, 1.807) is 0 Å². The number of nitrogens with two attached hydrogens (primary N) is 1. The molecule has 22 heavy (non-hydrogen) atoms. The Labute approximate surface area is 130 Å². The number of fused-ring (bicyclic) bond motifs is 5. The Kier molecular flexibility index (Phi) is 2.20. The molecule has 0 atom stereocenters. The molecule has 0 fully saturated rings. The van der Waals surface area contributed by atoms with E-state index in [1.807, 2.05) is 17.4 Å². The molecule has 0 aliphatic heterocycles. The van der Waals surface area contributed by atoms with Gasteiger partial charge in [-0.1, -0.05) is 12.1 Å². The summed E-state index contributed by atoms with van der Waals surface area (Å²) in [5.41, 5.74) is 6.63. The second-order valence-electron chi connectivity index (χ2n) is 5.79. The van der Waals surface area contributed by atoms with Crippen LogP contribution in [-0.2, 0) is 0 Å². The van der Waals surface area contributed by atoms with Gasteiger partial charge in [0.25, 0.3) is 0 Å². The largest absolute Gasteiger partial charge is 0.441 e. The van der Waals surface area contributed by atoms with Crippen molar-refractivity contribution in [3.63, 3.8) is 0 Å². The van der Waals surface area contributed by atoms with Crippen molar-refractivity contribution in [1.29, 1.82) is 0 Å². The van der Waals surface area contributed by atoms with Crippen LogP contribution in [-0.4, -0.2) is 0 Å². The van der Waals surface area contributed by atoms with E-state index >= 15 is 0 Å². The third-order valence-electron chi connectivity index (χ3n) is 4.25. The average molecular weight is 303 g/mol. The standard InChI is InChI=1S/C19H13NOS/c1-10-4-14-6-12-3-2-11-5-13-7-19(20)21-17(13)8-15(11)16(12)9-18(14)22-10/h2-9H,20H2,1H3. The molecule has 0 radical (unpaired) electrons. The first kappa shape index (κ1) is 12.1. The van der Waals surface area contributed by atoms with Crippen molar-refractivity contribution in [2.45, 2.75) is 6.92 Å². The summed E-state index contributed by atoms with van der Waals surface area (Å²) < 4.78 is 6.93. The summed E-state index contributed by atoms with van der Waals surface area (Å²) in [5, 5.41) is 7.33. The maximum absolute atomic E-state index is 5.78. The molecule has 2 heterocycles. The Morgan fingerprint density at radius 3 is 2.36 bits per heavy atom. The summed E-state index contributed by atoms with van der Waals surface area (Å²) in [6.45, 7) is 2.16. The highest BCUT2D eigenvalue weighted by atomic mass is 32.1. The summed E-state index contributed by atoms with van der Waals surface area (Å²) in [7, 11) is 0. The highest BCUT2D eigenvalue weighted by molar-refractivity contribution is 7.19. The summed E-state index contributed by atoms with van der Waals surface area (Å²) in [4.78, 5) is 1.34. The van der Waals surface area contributed by atoms with Gasteiger partial charge in [-0.2, -0.15) is 0 Å². The molecule has 3 aromatic carbocycles. The van der Waals surface area contributed by atoms with Gasteiger partial charge in [-0.25, -0.2) is 0 Å². The van der Waals surface area contributed by atoms with E-state index in [2.05, 4.69) is 49.4 Å². The van der Waals surface area contributed by atoms with Crippen LogP contribution in [0.25, 0.3) is 42.6 Å². The minimum Gasteiger partial charge on any atom is -0.441 e. The Morgan fingerprint density at radius 2 is 1.55 bits per heavy atom. The molecule has 0 amide bonds. The van der Waals surface area contributed by atoms with Crippen molar-refractivity contribution < 1.29 is 4.42 Å². The molecule has 0 aliphatic carbocycles. The van der Waals surface area contributed by atoms with Gasteiger partial charge in [0.05, 0.1) is 0 Å². The first-order valence-corrected chi connectivity index (χ1v) is 8.05. The number of hydrogen-bond acceptors (Lipinski definition) is 3. The molecule has 0 aliphatic rings. The van der Waals surface area contributed by atoms with Gasteiger partial charge in [-0.3, -0.25) is 0 Å². The lowest BCUT2D eigenvalue weighted by Crippen LogP contribution is -1.78. The van der Waals surface area contributed by atoms with Gasteiger partial charge in [0.1, 0.15) is 5.58 Å². The number of rotatable bonds is 0. The van der Waals surface area contributed by atoms with Gasteiger partial charge in [0.15, 0.2) is 5.88 Å². The molecule has 5 rings (SSSR count). The van der Waals surface area contributed by atoms with Crippen LogP contribution < -0.4 is 5.73 Å². The van der Waals surface area contributed by atoms with Crippen LogP contribution >= 0.6 is 11.3 Å². The fourth-order valence-electron chi connectivity index (χ4n) is 3.28. The minimum atomic E-state index is 0.464. The molecular formula is C19H13NOS. The van der Waals surface area contributed by atoms with Crippen LogP contribution in [0.15, 0.2) is 52.9 Å². The first-order chi connectivity index (χ1) is 10.7. The van der Waals surface area contributed by atoms with Crippen LogP contribution in [0.3, 0.4) is 0 Å². The van der Waals surface area contributed by atoms with Gasteiger partial charge >= 0.3 is 0 Å². The van der Waals surface area contributed by atoms with Crippen molar-refractivity contribution in [1.82, 2.24) is 0 Å². The molecule has 106 valence electrons. The lowest BCUT2D eigenvalue weighted by Gasteiger charge is -2.05. The van der Waals surface area contributed by atoms with Crippen LogP contribution in [0, 0.1) is 6.92 Å². The van der Waals surface area contributed by atoms with E-state index in [0.29, 0.717) is 5.88 Å². The third kappa shape index (κ3) is 1.60. The average Bonchev–Trinajstić information content (AvgIpc) is 3.02. The number of anilines is 1. The maximum Gasteiger partial charge on any atom is 0.191 e. The Morgan fingerprint density at radius 1 is 0.818 bits per heavy atom. The Balaban J connectivity index is 1.99. The highest BCUT2D eigenvalue weighted by Gasteiger charge is 2.08. The number of aryl methyl sites for hydroxylation is 1. The predicted octanol–water partition coefficient (Wildman–Crippen LogP) is 5.84. The fraction of sp³-hybridized carbons (Fsp3) is 0.0526. The first-order valence-electron chi connectivity index (χ1n) is 7.23. The quantitative estimate of drug-likeness (QED) is 0.365. The molecule has 0 spiro atoms. The lowest BCUT2D eigenvalue weighted by atomic mass is 10.00. The van der Waals surface area contributed by atoms with Crippen molar-refractivity contribution in [2.75, 3.05) is 5.73 Å². The number of nitrogen functional groups attached to an aromatic ring is 1. The SMILES string of the molecule is Cc1cc2cc3ccc4cc5cc(N)oc5cc4c3cc2s1. The maximum atomic E-state index is 5.78. The van der Waals surface area contributed by atoms with Crippen molar-refractivity contribution in [3.8, 4) is 0 Å². The monoisotopic (exact) mass is 303 g/mol. The van der Waals surface area contributed by atoms with E-state index in [9.17, 15) is 0 Å². The van der Waals surface area contributed by atoms with Crippen molar-refractivity contribution in [3.05, 3.63) is 53.4 Å². The lowest BCUT2D eigenvalue weighted by molar-refractivity contribution is 0.638. The molecule has 2 N–H and O–H groups in total. The normalized spacial score (nSPS) is 12.0. The van der Waals surface area contributed by atoms with Crippen molar-refractivity contribution >= 4 is 59.8 Å². The number of benzene rings is 3. The molecule has 0 saturated heterocycles. The van der Waals surface area contributed by atoms with Gasteiger partial charge in [-0.05, 0) is 64.2 Å². The summed E-state index contributed by atoms with van der Waals surface area (Å²) in [6.07, 6.45) is 0. The van der Waals surface area contributed by atoms with E-state index in [1.165, 1.54) is 36.5 Å². The zero-order chi connectivity index (χ0) is 14.8. The van der Waals surface area contributed by atoms with E-state index in [0.717, 1.165) is 11.0 Å². The summed E-state index contributed by atoms with van der Waals surface area (Å²) >= 11 is 1.84. The van der Waals surface area contributed by atoms with E-state index in [-0.39, 0.29) is 0 Å². The van der Waals surface area contributed by atoms with Gasteiger partial charge < -0.3 is 10.2 Å². The molecule has 2 aromatic heterocycles. The zero-order valence-electron chi connectivity index (χ0n) is 12.0. The van der Waals surface area contributed by atoms with E-state index in [4.69, 9.17) is 10.2 Å². The Bertz CT molecular complexity index is 1100. The molecule has 0 saturated carbocycles. The molecular weight excluding hydrogens is 290 g/mol.